The molecule has 1 atom stereocenters. The molecule has 1 aliphatic rings. The van der Waals surface area contributed by atoms with Crippen molar-refractivity contribution in [3.8, 4) is 0 Å². The molecule has 0 bridgehead atoms. The fourth-order valence-electron chi connectivity index (χ4n) is 1.76. The molecular weight excluding hydrogens is 341 g/mol. The lowest BCUT2D eigenvalue weighted by Crippen LogP contribution is -2.31. The molecule has 20 heavy (non-hydrogen) atoms. The van der Waals surface area contributed by atoms with Gasteiger partial charge in [-0.2, -0.15) is 18.3 Å². The van der Waals surface area contributed by atoms with E-state index in [9.17, 15) is 18.0 Å². The molecule has 2 rings (SSSR count). The van der Waals surface area contributed by atoms with Gasteiger partial charge in [0.2, 0.25) is 6.23 Å². The molecule has 4 nitrogen and oxygen atoms in total. The third-order valence-electron chi connectivity index (χ3n) is 2.59. The average Bonchev–Trinajstić information content (AvgIpc) is 2.73. The van der Waals surface area contributed by atoms with Gasteiger partial charge < -0.3 is 4.74 Å². The van der Waals surface area contributed by atoms with Crippen LogP contribution in [0, 0.1) is 0 Å². The van der Waals surface area contributed by atoms with Gasteiger partial charge in [0.25, 0.3) is 0 Å². The number of anilines is 1. The monoisotopic (exact) mass is 350 g/mol. The zero-order chi connectivity index (χ0) is 14.9. The second kappa shape index (κ2) is 5.43. The van der Waals surface area contributed by atoms with Crippen LogP contribution in [-0.2, 0) is 9.53 Å². The highest BCUT2D eigenvalue weighted by Crippen LogP contribution is 2.32. The Morgan fingerprint density at radius 1 is 1.40 bits per heavy atom. The number of benzene rings is 1. The number of nitrogens with zero attached hydrogens (tertiary/aromatic N) is 2. The third kappa shape index (κ3) is 3.30. The fourth-order valence-corrected chi connectivity index (χ4v) is 2.02. The molecule has 0 amide bonds. The Kier molecular flexibility index (Phi) is 4.03. The van der Waals surface area contributed by atoms with Crippen molar-refractivity contribution in [3.05, 3.63) is 28.7 Å². The minimum Gasteiger partial charge on any atom is -0.439 e. The molecule has 0 spiro atoms. The Hall–Kier alpha value is -1.57. The number of carbonyl (C=O) groups is 1. The lowest BCUT2D eigenvalue weighted by Gasteiger charge is -2.22. The van der Waals surface area contributed by atoms with Crippen molar-refractivity contribution in [1.29, 1.82) is 0 Å². The van der Waals surface area contributed by atoms with Crippen LogP contribution in [0.2, 0.25) is 0 Å². The maximum atomic E-state index is 12.7. The van der Waals surface area contributed by atoms with E-state index in [1.807, 2.05) is 0 Å². The normalized spacial score (nSPS) is 18.9. The van der Waals surface area contributed by atoms with Gasteiger partial charge >= 0.3 is 12.1 Å². The molecule has 1 aromatic rings. The summed E-state index contributed by atoms with van der Waals surface area (Å²) in [7, 11) is 0. The standard InChI is InChI=1S/C12H10BrF3N2O2/c1-7(19)20-11-6-10(12(14,15)16)17-18(11)9-4-2-8(13)3-5-9/h2-5,11H,6H2,1H3. The summed E-state index contributed by atoms with van der Waals surface area (Å²) in [4.78, 5) is 11.0. The van der Waals surface area contributed by atoms with E-state index in [4.69, 9.17) is 4.74 Å². The number of hydrazone groups is 1. The molecule has 8 heteroatoms. The fraction of sp³-hybridized carbons (Fsp3) is 0.333. The summed E-state index contributed by atoms with van der Waals surface area (Å²) in [5.74, 6) is -0.657. The molecule has 1 aliphatic heterocycles. The maximum Gasteiger partial charge on any atom is 0.431 e. The average molecular weight is 351 g/mol. The number of esters is 1. The molecule has 1 aromatic carbocycles. The summed E-state index contributed by atoms with van der Waals surface area (Å²) in [5.41, 5.74) is -0.551. The highest BCUT2D eigenvalue weighted by Gasteiger charge is 2.44. The SMILES string of the molecule is CC(=O)OC1CC(C(F)(F)F)=NN1c1ccc(Br)cc1. The van der Waals surface area contributed by atoms with Crippen molar-refractivity contribution in [2.75, 3.05) is 5.01 Å². The molecule has 0 fully saturated rings. The number of hydrogen-bond acceptors (Lipinski definition) is 4. The topological polar surface area (TPSA) is 41.9 Å². The van der Waals surface area contributed by atoms with Crippen LogP contribution in [0.5, 0.6) is 0 Å². The lowest BCUT2D eigenvalue weighted by atomic mass is 10.2. The first kappa shape index (κ1) is 14.8. The van der Waals surface area contributed by atoms with E-state index >= 15 is 0 Å². The zero-order valence-corrected chi connectivity index (χ0v) is 11.9. The third-order valence-corrected chi connectivity index (χ3v) is 3.12. The van der Waals surface area contributed by atoms with Gasteiger partial charge in [-0.05, 0) is 24.3 Å². The lowest BCUT2D eigenvalue weighted by molar-refractivity contribution is -0.145. The van der Waals surface area contributed by atoms with Gasteiger partial charge in [-0.1, -0.05) is 15.9 Å². The predicted octanol–water partition coefficient (Wildman–Crippen LogP) is 3.47. The number of hydrogen-bond donors (Lipinski definition) is 0. The minimum atomic E-state index is -4.54. The van der Waals surface area contributed by atoms with E-state index in [0.29, 0.717) is 5.69 Å². The molecule has 1 unspecified atom stereocenters. The van der Waals surface area contributed by atoms with Crippen LogP contribution in [0.3, 0.4) is 0 Å². The van der Waals surface area contributed by atoms with E-state index in [2.05, 4.69) is 21.0 Å². The van der Waals surface area contributed by atoms with Gasteiger partial charge in [-0.25, -0.2) is 5.01 Å². The van der Waals surface area contributed by atoms with E-state index in [1.54, 1.807) is 24.3 Å². The quantitative estimate of drug-likeness (QED) is 0.767. The Morgan fingerprint density at radius 3 is 2.50 bits per heavy atom. The van der Waals surface area contributed by atoms with Crippen LogP contribution in [0.25, 0.3) is 0 Å². The first-order chi connectivity index (χ1) is 9.27. The van der Waals surface area contributed by atoms with Crippen molar-refractivity contribution in [2.24, 2.45) is 5.10 Å². The zero-order valence-electron chi connectivity index (χ0n) is 10.3. The molecule has 0 saturated carbocycles. The van der Waals surface area contributed by atoms with Crippen LogP contribution in [0.15, 0.2) is 33.8 Å². The molecular formula is C12H10BrF3N2O2. The molecule has 0 aromatic heterocycles. The van der Waals surface area contributed by atoms with E-state index in [0.717, 1.165) is 16.4 Å². The van der Waals surface area contributed by atoms with E-state index in [-0.39, 0.29) is 0 Å². The summed E-state index contributed by atoms with van der Waals surface area (Å²) in [5, 5.41) is 4.59. The molecule has 108 valence electrons. The number of alkyl halides is 3. The van der Waals surface area contributed by atoms with Crippen LogP contribution in [-0.4, -0.2) is 24.1 Å². The Morgan fingerprint density at radius 2 is 2.00 bits per heavy atom. The Bertz CT molecular complexity index is 543. The number of ether oxygens (including phenoxy) is 1. The Balaban J connectivity index is 2.31. The van der Waals surface area contributed by atoms with Crippen LogP contribution in [0.1, 0.15) is 13.3 Å². The molecule has 0 radical (unpaired) electrons. The molecule has 1 heterocycles. The summed E-state index contributed by atoms with van der Waals surface area (Å²) in [6.45, 7) is 1.14. The smallest absolute Gasteiger partial charge is 0.431 e. The van der Waals surface area contributed by atoms with Crippen molar-refractivity contribution < 1.29 is 22.7 Å². The van der Waals surface area contributed by atoms with E-state index < -0.39 is 30.5 Å². The second-order valence-corrected chi connectivity index (χ2v) is 5.05. The van der Waals surface area contributed by atoms with Crippen molar-refractivity contribution in [3.63, 3.8) is 0 Å². The van der Waals surface area contributed by atoms with E-state index in [1.165, 1.54) is 0 Å². The van der Waals surface area contributed by atoms with Gasteiger partial charge in [0, 0.05) is 11.4 Å². The first-order valence-corrected chi connectivity index (χ1v) is 6.43. The molecule has 0 aliphatic carbocycles. The van der Waals surface area contributed by atoms with Crippen molar-refractivity contribution in [1.82, 2.24) is 0 Å². The van der Waals surface area contributed by atoms with Gasteiger partial charge in [-0.15, -0.1) is 0 Å². The maximum absolute atomic E-state index is 12.7. The number of halogens is 4. The second-order valence-electron chi connectivity index (χ2n) is 4.13. The molecule has 0 saturated heterocycles. The van der Waals surface area contributed by atoms with Crippen molar-refractivity contribution >= 4 is 33.3 Å². The summed E-state index contributed by atoms with van der Waals surface area (Å²) < 4.78 is 43.8. The highest BCUT2D eigenvalue weighted by molar-refractivity contribution is 9.10. The van der Waals surface area contributed by atoms with Crippen LogP contribution >= 0.6 is 15.9 Å². The highest BCUT2D eigenvalue weighted by atomic mass is 79.9. The van der Waals surface area contributed by atoms with Gasteiger partial charge in [0.05, 0.1) is 12.1 Å². The van der Waals surface area contributed by atoms with Crippen LogP contribution in [0.4, 0.5) is 18.9 Å². The summed E-state index contributed by atoms with van der Waals surface area (Å²) >= 11 is 3.23. The first-order valence-electron chi connectivity index (χ1n) is 5.64. The predicted molar refractivity (Wildman–Crippen MR) is 70.3 cm³/mol. The minimum absolute atomic E-state index is 0.415. The van der Waals surface area contributed by atoms with Crippen LogP contribution < -0.4 is 5.01 Å². The summed E-state index contributed by atoms with van der Waals surface area (Å²) in [6, 6.07) is 6.51. The summed E-state index contributed by atoms with van der Waals surface area (Å²) in [6.07, 6.45) is -6.10. The number of carbonyl (C=O) groups excluding carboxylic acids is 1. The number of rotatable bonds is 2. The largest absolute Gasteiger partial charge is 0.439 e. The van der Waals surface area contributed by atoms with Gasteiger partial charge in [0.15, 0.2) is 0 Å². The molecule has 0 N–H and O–H groups in total. The van der Waals surface area contributed by atoms with Gasteiger partial charge in [0.1, 0.15) is 5.71 Å². The van der Waals surface area contributed by atoms with Gasteiger partial charge in [-0.3, -0.25) is 4.79 Å². The van der Waals surface area contributed by atoms with Crippen molar-refractivity contribution in [2.45, 2.75) is 25.7 Å². The Labute approximate surface area is 121 Å².